The number of hydrogen-bond donors (Lipinski definition) is 0. The van der Waals surface area contributed by atoms with Crippen LogP contribution in [0, 0.1) is 0 Å². The van der Waals surface area contributed by atoms with Gasteiger partial charge < -0.3 is 0 Å². The van der Waals surface area contributed by atoms with Gasteiger partial charge in [-0.2, -0.15) is 10.9 Å². The van der Waals surface area contributed by atoms with Crippen LogP contribution < -0.4 is 21.2 Å². The van der Waals surface area contributed by atoms with E-state index in [1.54, 1.807) is 0 Å². The Morgan fingerprint density at radius 2 is 0.952 bits per heavy atom. The number of fused-ring (bicyclic) bond motifs is 3. The fourth-order valence-electron chi connectivity index (χ4n) is 7.48. The Morgan fingerprint density at radius 1 is 0.524 bits per heavy atom. The molecule has 0 spiro atoms. The van der Waals surface area contributed by atoms with E-state index in [4.69, 9.17) is 0 Å². The molecule has 42 heavy (non-hydrogen) atoms. The lowest BCUT2D eigenvalue weighted by molar-refractivity contribution is -0.577. The van der Waals surface area contributed by atoms with E-state index in [0.29, 0.717) is 23.7 Å². The normalized spacial score (nSPS) is 13.0. The first-order valence-electron chi connectivity index (χ1n) is 16.0. The predicted octanol–water partition coefficient (Wildman–Crippen LogP) is 7.48. The van der Waals surface area contributed by atoms with Gasteiger partial charge in [0, 0.05) is 22.3 Å². The lowest BCUT2D eigenvalue weighted by Crippen LogP contribution is -2.64. The molecular formula is C39H45BN2. The lowest BCUT2D eigenvalue weighted by Gasteiger charge is -2.26. The van der Waals surface area contributed by atoms with Crippen molar-refractivity contribution < 1.29 is 4.57 Å². The van der Waals surface area contributed by atoms with Crippen LogP contribution in [0.1, 0.15) is 101 Å². The summed E-state index contributed by atoms with van der Waals surface area (Å²) in [5.74, 6) is 1.65. The molecule has 0 N–H and O–H groups in total. The van der Waals surface area contributed by atoms with E-state index in [-0.39, 0.29) is 0 Å². The molecule has 214 valence electrons. The minimum Gasteiger partial charge on any atom is -0.235 e. The van der Waals surface area contributed by atoms with Crippen LogP contribution in [-0.4, -0.2) is 11.3 Å². The van der Waals surface area contributed by atoms with Gasteiger partial charge in [-0.15, -0.1) is 0 Å². The molecule has 0 fully saturated rings. The Bertz CT molecular complexity index is 1580. The van der Waals surface area contributed by atoms with Gasteiger partial charge in [0.25, 0.3) is 0 Å². The van der Waals surface area contributed by atoms with Crippen LogP contribution in [0.25, 0.3) is 22.5 Å². The molecule has 0 saturated carbocycles. The summed E-state index contributed by atoms with van der Waals surface area (Å²) in [5, 5.41) is 0. The minimum atomic E-state index is -1.09. The number of aromatic nitrogens is 2. The molecule has 1 aliphatic rings. The fraction of sp³-hybridized carbons (Fsp3) is 0.308. The van der Waals surface area contributed by atoms with Crippen LogP contribution >= 0.6 is 0 Å². The molecule has 5 aromatic rings. The van der Waals surface area contributed by atoms with E-state index >= 15 is 0 Å². The maximum atomic E-state index is 2.59. The van der Waals surface area contributed by atoms with Crippen LogP contribution in [0.15, 0.2) is 97.3 Å². The van der Waals surface area contributed by atoms with Crippen LogP contribution in [-0.2, 0) is 0 Å². The predicted molar refractivity (Wildman–Crippen MR) is 182 cm³/mol. The zero-order valence-corrected chi connectivity index (χ0v) is 26.6. The smallest absolute Gasteiger partial charge is 0.163 e. The van der Waals surface area contributed by atoms with E-state index in [2.05, 4.69) is 162 Å². The molecule has 0 unspecified atom stereocenters. The van der Waals surface area contributed by atoms with E-state index in [1.165, 1.54) is 61.4 Å². The van der Waals surface area contributed by atoms with Crippen molar-refractivity contribution in [1.29, 1.82) is 0 Å². The van der Waals surface area contributed by atoms with Crippen molar-refractivity contribution in [3.8, 4) is 22.5 Å². The van der Waals surface area contributed by atoms with Crippen LogP contribution in [0.5, 0.6) is 0 Å². The number of imidazole rings is 1. The van der Waals surface area contributed by atoms with Gasteiger partial charge in [0.1, 0.15) is 23.8 Å². The molecule has 2 heterocycles. The van der Waals surface area contributed by atoms with Crippen LogP contribution in [0.4, 0.5) is 0 Å². The molecule has 1 aliphatic heterocycles. The molecule has 2 nitrogen and oxygen atoms in total. The van der Waals surface area contributed by atoms with Crippen molar-refractivity contribution in [2.75, 3.05) is 0 Å². The van der Waals surface area contributed by atoms with Gasteiger partial charge in [0.2, 0.25) is 0 Å². The van der Waals surface area contributed by atoms with Crippen LogP contribution in [0.3, 0.4) is 0 Å². The maximum Gasteiger partial charge on any atom is 0.163 e. The average molecular weight is 553 g/mol. The standard InChI is InChI=1S/C39H45BN2/c1-25(2)29-17-13-18-30(26(3)4)37(29)41-23-24-42(38-31(27(5)6)19-14-20-32(38)28(7)8)39(41)40-35-21-11-9-15-33(35)34-16-10-12-22-36(34)40/h9-28,40H,1-8H3. The summed E-state index contributed by atoms with van der Waals surface area (Å²) >= 11 is 0. The first-order chi connectivity index (χ1) is 20.2. The second kappa shape index (κ2) is 11.1. The van der Waals surface area contributed by atoms with Crippen molar-refractivity contribution in [3.05, 3.63) is 120 Å². The molecule has 0 bridgehead atoms. The highest BCUT2D eigenvalue weighted by Crippen LogP contribution is 2.33. The van der Waals surface area contributed by atoms with Gasteiger partial charge in [-0.05, 0) is 23.7 Å². The van der Waals surface area contributed by atoms with Crippen LogP contribution in [0.2, 0.25) is 0 Å². The monoisotopic (exact) mass is 552 g/mol. The summed E-state index contributed by atoms with van der Waals surface area (Å²) in [6, 6.07) is 32.1. The molecule has 1 aromatic heterocycles. The SMILES string of the molecule is CC(C)c1cccc(C(C)C)c1-n1cc[n+](-c2c(C(C)C)cccc2C(C)C)c1[BH-]1c2ccccc2-c2ccccc21. The van der Waals surface area contributed by atoms with Gasteiger partial charge >= 0.3 is 0 Å². The number of hydrogen-bond acceptors (Lipinski definition) is 0. The zero-order valence-electron chi connectivity index (χ0n) is 26.6. The minimum absolute atomic E-state index is 0.412. The first kappa shape index (κ1) is 28.3. The molecule has 6 rings (SSSR count). The van der Waals surface area contributed by atoms with Gasteiger partial charge in [-0.3, -0.25) is 0 Å². The van der Waals surface area contributed by atoms with E-state index in [0.717, 1.165) is 0 Å². The Kier molecular flexibility index (Phi) is 7.47. The number of para-hydroxylation sites is 2. The summed E-state index contributed by atoms with van der Waals surface area (Å²) in [6.07, 6.45) is 4.72. The van der Waals surface area contributed by atoms with E-state index < -0.39 is 6.71 Å². The first-order valence-corrected chi connectivity index (χ1v) is 16.0. The fourth-order valence-corrected chi connectivity index (χ4v) is 7.48. The summed E-state index contributed by atoms with van der Waals surface area (Å²) in [7, 11) is 0. The highest BCUT2D eigenvalue weighted by atomic mass is 15.2. The van der Waals surface area contributed by atoms with Gasteiger partial charge in [-0.25, -0.2) is 9.13 Å². The number of rotatable bonds is 7. The number of benzene rings is 4. The largest absolute Gasteiger partial charge is 0.235 e. The molecule has 0 amide bonds. The Morgan fingerprint density at radius 3 is 1.40 bits per heavy atom. The summed E-state index contributed by atoms with van der Waals surface area (Å²) in [5.41, 5.74) is 15.4. The van der Waals surface area contributed by atoms with Crippen molar-refractivity contribution in [2.45, 2.75) is 79.1 Å². The molecule has 0 atom stereocenters. The van der Waals surface area contributed by atoms with Crippen molar-refractivity contribution in [2.24, 2.45) is 0 Å². The third-order valence-corrected chi connectivity index (χ3v) is 9.49. The second-order valence-electron chi connectivity index (χ2n) is 13.5. The summed E-state index contributed by atoms with van der Waals surface area (Å²) < 4.78 is 5.18. The third kappa shape index (κ3) is 4.54. The van der Waals surface area contributed by atoms with Gasteiger partial charge in [0.15, 0.2) is 6.71 Å². The third-order valence-electron chi connectivity index (χ3n) is 9.49. The molecule has 4 aromatic carbocycles. The van der Waals surface area contributed by atoms with Gasteiger partial charge in [0.05, 0.1) is 5.72 Å². The van der Waals surface area contributed by atoms with Crippen molar-refractivity contribution in [1.82, 2.24) is 4.57 Å². The maximum absolute atomic E-state index is 2.59. The molecule has 0 saturated heterocycles. The van der Waals surface area contributed by atoms with Gasteiger partial charge in [-0.1, -0.05) is 151 Å². The number of nitrogens with zero attached hydrogens (tertiary/aromatic N) is 2. The Balaban J connectivity index is 1.78. The Labute approximate surface area is 253 Å². The molecule has 0 aliphatic carbocycles. The highest BCUT2D eigenvalue weighted by Gasteiger charge is 2.35. The van der Waals surface area contributed by atoms with Crippen molar-refractivity contribution in [3.63, 3.8) is 0 Å². The van der Waals surface area contributed by atoms with E-state index in [9.17, 15) is 0 Å². The summed E-state index contributed by atoms with van der Waals surface area (Å²) in [6.45, 7) is 17.6. The topological polar surface area (TPSA) is 8.81 Å². The summed E-state index contributed by atoms with van der Waals surface area (Å²) in [4.78, 5) is 0. The zero-order chi connectivity index (χ0) is 29.7. The lowest BCUT2D eigenvalue weighted by atomic mass is 9.42. The highest BCUT2D eigenvalue weighted by molar-refractivity contribution is 6.97. The molecule has 3 heteroatoms. The molecule has 0 radical (unpaired) electrons. The molecular weight excluding hydrogens is 507 g/mol. The van der Waals surface area contributed by atoms with E-state index in [1.807, 2.05) is 0 Å². The average Bonchev–Trinajstić information content (AvgIpc) is 3.54. The quantitative estimate of drug-likeness (QED) is 0.143. The van der Waals surface area contributed by atoms with Crippen molar-refractivity contribution >= 4 is 23.4 Å². The second-order valence-corrected chi connectivity index (χ2v) is 13.5. The Hall–Kier alpha value is -3.85.